The zero-order valence-corrected chi connectivity index (χ0v) is 14.4. The van der Waals surface area contributed by atoms with E-state index in [0.717, 1.165) is 0 Å². The second-order valence-electron chi connectivity index (χ2n) is 5.71. The summed E-state index contributed by atoms with van der Waals surface area (Å²) in [7, 11) is 0. The van der Waals surface area contributed by atoms with Crippen molar-refractivity contribution in [2.75, 3.05) is 26.4 Å². The van der Waals surface area contributed by atoms with E-state index < -0.39 is 17.5 Å². The van der Waals surface area contributed by atoms with E-state index in [2.05, 4.69) is 11.9 Å². The Morgan fingerprint density at radius 3 is 2.22 bits per heavy atom. The first-order chi connectivity index (χ1) is 10.7. The highest BCUT2D eigenvalue weighted by Crippen LogP contribution is 2.21. The first-order valence-electron chi connectivity index (χ1n) is 7.61. The predicted octanol–water partition coefficient (Wildman–Crippen LogP) is 2.20. The highest BCUT2D eigenvalue weighted by molar-refractivity contribution is 5.86. The standard InChI is InChI=1S/C16H27NO6/c1-6-16(4,5)14(19)22-9-7-10-23-15(20)17-8-11-21-13(18)12(2)3/h2,6-11H2,1,3-5H3,(H,17,20). The van der Waals surface area contributed by atoms with E-state index >= 15 is 0 Å². The first kappa shape index (κ1) is 20.9. The Bertz CT molecular complexity index is 430. The third-order valence-corrected chi connectivity index (χ3v) is 3.14. The SMILES string of the molecule is C=C(C)C(=O)OCCNC(=O)OCCCOC(=O)C(C)(C)CC. The first-order valence-corrected chi connectivity index (χ1v) is 7.61. The molecule has 0 aromatic carbocycles. The van der Waals surface area contributed by atoms with Crippen LogP contribution in [0.1, 0.15) is 40.5 Å². The van der Waals surface area contributed by atoms with Crippen LogP contribution in [-0.4, -0.2) is 44.4 Å². The molecule has 0 bridgehead atoms. The van der Waals surface area contributed by atoms with E-state index in [1.165, 1.54) is 0 Å². The molecule has 0 atom stereocenters. The summed E-state index contributed by atoms with van der Waals surface area (Å²) >= 11 is 0. The van der Waals surface area contributed by atoms with Gasteiger partial charge in [-0.3, -0.25) is 4.79 Å². The van der Waals surface area contributed by atoms with Gasteiger partial charge in [-0.2, -0.15) is 0 Å². The molecule has 0 saturated heterocycles. The second-order valence-corrected chi connectivity index (χ2v) is 5.71. The minimum absolute atomic E-state index is 0.0461. The quantitative estimate of drug-likeness (QED) is 0.286. The number of rotatable bonds is 10. The van der Waals surface area contributed by atoms with Gasteiger partial charge in [0.2, 0.25) is 0 Å². The lowest BCUT2D eigenvalue weighted by Gasteiger charge is -2.20. The highest BCUT2D eigenvalue weighted by Gasteiger charge is 2.26. The fourth-order valence-electron chi connectivity index (χ4n) is 1.20. The number of alkyl carbamates (subject to hydrolysis) is 1. The monoisotopic (exact) mass is 329 g/mol. The summed E-state index contributed by atoms with van der Waals surface area (Å²) in [4.78, 5) is 34.1. The van der Waals surface area contributed by atoms with Gasteiger partial charge in [0, 0.05) is 12.0 Å². The third kappa shape index (κ3) is 9.55. The van der Waals surface area contributed by atoms with Crippen LogP contribution in [0.15, 0.2) is 12.2 Å². The van der Waals surface area contributed by atoms with E-state index in [-0.39, 0.29) is 32.3 Å². The number of amides is 1. The summed E-state index contributed by atoms with van der Waals surface area (Å²) in [5.74, 6) is -0.763. The normalized spacial score (nSPS) is 10.6. The van der Waals surface area contributed by atoms with Crippen molar-refractivity contribution in [2.45, 2.75) is 40.5 Å². The molecule has 0 aliphatic heterocycles. The summed E-state index contributed by atoms with van der Waals surface area (Å²) in [5.41, 5.74) is -0.201. The van der Waals surface area contributed by atoms with Crippen LogP contribution in [0, 0.1) is 5.41 Å². The smallest absolute Gasteiger partial charge is 0.407 e. The van der Waals surface area contributed by atoms with E-state index in [4.69, 9.17) is 14.2 Å². The number of carbonyl (C=O) groups excluding carboxylic acids is 3. The van der Waals surface area contributed by atoms with Gasteiger partial charge in [-0.1, -0.05) is 13.5 Å². The zero-order chi connectivity index (χ0) is 17.9. The maximum atomic E-state index is 11.7. The minimum atomic E-state index is -0.614. The largest absolute Gasteiger partial charge is 0.465 e. The van der Waals surface area contributed by atoms with Crippen LogP contribution in [0.4, 0.5) is 4.79 Å². The number of hydrogen-bond acceptors (Lipinski definition) is 6. The van der Waals surface area contributed by atoms with Crippen molar-refractivity contribution in [2.24, 2.45) is 5.41 Å². The number of nitrogens with one attached hydrogen (secondary N) is 1. The Labute approximate surface area is 137 Å². The lowest BCUT2D eigenvalue weighted by atomic mass is 9.91. The summed E-state index contributed by atoms with van der Waals surface area (Å²) in [5, 5.41) is 2.43. The summed E-state index contributed by atoms with van der Waals surface area (Å²) < 4.78 is 14.8. The number of hydrogen-bond donors (Lipinski definition) is 1. The Morgan fingerprint density at radius 1 is 1.04 bits per heavy atom. The molecule has 23 heavy (non-hydrogen) atoms. The summed E-state index contributed by atoms with van der Waals surface area (Å²) in [6.07, 6.45) is 0.501. The Hall–Kier alpha value is -2.05. The van der Waals surface area contributed by atoms with Crippen molar-refractivity contribution in [1.29, 1.82) is 0 Å². The highest BCUT2D eigenvalue weighted by atomic mass is 16.6. The van der Waals surface area contributed by atoms with Crippen molar-refractivity contribution in [3.05, 3.63) is 12.2 Å². The van der Waals surface area contributed by atoms with Crippen LogP contribution in [0.25, 0.3) is 0 Å². The van der Waals surface area contributed by atoms with Crippen LogP contribution < -0.4 is 5.32 Å². The third-order valence-electron chi connectivity index (χ3n) is 3.14. The van der Waals surface area contributed by atoms with Crippen molar-refractivity contribution in [3.63, 3.8) is 0 Å². The Balaban J connectivity index is 3.63. The molecule has 0 spiro atoms. The van der Waals surface area contributed by atoms with Gasteiger partial charge in [0.15, 0.2) is 0 Å². The van der Waals surface area contributed by atoms with Crippen LogP contribution in [-0.2, 0) is 23.8 Å². The molecule has 0 heterocycles. The molecule has 132 valence electrons. The van der Waals surface area contributed by atoms with Gasteiger partial charge in [0.25, 0.3) is 0 Å². The topological polar surface area (TPSA) is 90.9 Å². The van der Waals surface area contributed by atoms with E-state index in [0.29, 0.717) is 18.4 Å². The summed E-state index contributed by atoms with van der Waals surface area (Å²) in [6, 6.07) is 0. The van der Waals surface area contributed by atoms with Crippen LogP contribution in [0.2, 0.25) is 0 Å². The zero-order valence-electron chi connectivity index (χ0n) is 14.4. The van der Waals surface area contributed by atoms with Gasteiger partial charge in [-0.25, -0.2) is 9.59 Å². The average Bonchev–Trinajstić information content (AvgIpc) is 2.50. The van der Waals surface area contributed by atoms with Gasteiger partial charge in [-0.15, -0.1) is 0 Å². The fraction of sp³-hybridized carbons (Fsp3) is 0.688. The Kier molecular flexibility index (Phi) is 9.69. The van der Waals surface area contributed by atoms with Gasteiger partial charge in [0.1, 0.15) is 6.61 Å². The fourth-order valence-corrected chi connectivity index (χ4v) is 1.20. The molecule has 1 N–H and O–H groups in total. The molecule has 0 aromatic heterocycles. The Morgan fingerprint density at radius 2 is 1.65 bits per heavy atom. The molecule has 0 radical (unpaired) electrons. The number of ether oxygens (including phenoxy) is 3. The molecule has 0 fully saturated rings. The maximum absolute atomic E-state index is 11.7. The van der Waals surface area contributed by atoms with Crippen molar-refractivity contribution in [1.82, 2.24) is 5.32 Å². The van der Waals surface area contributed by atoms with Gasteiger partial charge < -0.3 is 19.5 Å². The molecule has 0 unspecified atom stereocenters. The lowest BCUT2D eigenvalue weighted by Crippen LogP contribution is -2.29. The van der Waals surface area contributed by atoms with Crippen molar-refractivity contribution >= 4 is 18.0 Å². The molecule has 0 rings (SSSR count). The van der Waals surface area contributed by atoms with Gasteiger partial charge in [0.05, 0.1) is 25.2 Å². The molecule has 0 aromatic rings. The van der Waals surface area contributed by atoms with Crippen molar-refractivity contribution < 1.29 is 28.6 Å². The van der Waals surface area contributed by atoms with Crippen molar-refractivity contribution in [3.8, 4) is 0 Å². The second kappa shape index (κ2) is 10.6. The molecule has 0 saturated carbocycles. The molecular weight excluding hydrogens is 302 g/mol. The number of carbonyl (C=O) groups is 3. The van der Waals surface area contributed by atoms with E-state index in [1.54, 1.807) is 6.92 Å². The molecular formula is C16H27NO6. The van der Waals surface area contributed by atoms with E-state index in [9.17, 15) is 14.4 Å². The minimum Gasteiger partial charge on any atom is -0.465 e. The average molecular weight is 329 g/mol. The molecule has 1 amide bonds. The molecule has 0 aliphatic carbocycles. The summed E-state index contributed by atoms with van der Waals surface area (Å²) in [6.45, 7) is 11.1. The molecule has 7 heteroatoms. The van der Waals surface area contributed by atoms with E-state index in [1.807, 2.05) is 20.8 Å². The van der Waals surface area contributed by atoms with Gasteiger partial charge >= 0.3 is 18.0 Å². The molecule has 7 nitrogen and oxygen atoms in total. The maximum Gasteiger partial charge on any atom is 0.407 e. The predicted molar refractivity (Wildman–Crippen MR) is 84.8 cm³/mol. The van der Waals surface area contributed by atoms with Crippen LogP contribution >= 0.6 is 0 Å². The lowest BCUT2D eigenvalue weighted by molar-refractivity contribution is -0.154. The van der Waals surface area contributed by atoms with Crippen LogP contribution in [0.3, 0.4) is 0 Å². The van der Waals surface area contributed by atoms with Gasteiger partial charge in [-0.05, 0) is 27.2 Å². The number of esters is 2. The molecule has 0 aliphatic rings. The van der Waals surface area contributed by atoms with Crippen LogP contribution in [0.5, 0.6) is 0 Å².